The summed E-state index contributed by atoms with van der Waals surface area (Å²) in [4.78, 5) is 0. The predicted octanol–water partition coefficient (Wildman–Crippen LogP) is 3.55. The molecule has 0 radical (unpaired) electrons. The number of rotatable bonds is 6. The van der Waals surface area contributed by atoms with Gasteiger partial charge in [0, 0.05) is 5.56 Å². The Morgan fingerprint density at radius 2 is 2.00 bits per heavy atom. The Bertz CT molecular complexity index is 547. The zero-order chi connectivity index (χ0) is 15.0. The Labute approximate surface area is 119 Å². The third-order valence-electron chi connectivity index (χ3n) is 2.71. The van der Waals surface area contributed by atoms with Crippen LogP contribution in [-0.4, -0.2) is 13.7 Å². The number of hydrogen-bond acceptors (Lipinski definition) is 4. The molecule has 0 atom stereocenters. The van der Waals surface area contributed by atoms with Gasteiger partial charge in [-0.25, -0.2) is 0 Å². The number of nitriles is 2. The van der Waals surface area contributed by atoms with Crippen molar-refractivity contribution < 1.29 is 9.47 Å². The lowest BCUT2D eigenvalue weighted by atomic mass is 10.1. The monoisotopic (exact) mass is 270 g/mol. The van der Waals surface area contributed by atoms with E-state index in [1.54, 1.807) is 25.3 Å². The molecule has 0 aromatic heterocycles. The number of nitrogens with zero attached hydrogens (tertiary/aromatic N) is 2. The van der Waals surface area contributed by atoms with E-state index >= 15 is 0 Å². The van der Waals surface area contributed by atoms with E-state index in [2.05, 4.69) is 13.8 Å². The van der Waals surface area contributed by atoms with Crippen LogP contribution in [0.3, 0.4) is 0 Å². The highest BCUT2D eigenvalue weighted by Gasteiger charge is 2.10. The molecule has 0 aliphatic rings. The zero-order valence-electron chi connectivity index (χ0n) is 12.0. The summed E-state index contributed by atoms with van der Waals surface area (Å²) in [5.41, 5.74) is 0.707. The second-order valence-corrected chi connectivity index (χ2v) is 4.69. The third-order valence-corrected chi connectivity index (χ3v) is 2.71. The van der Waals surface area contributed by atoms with E-state index in [1.807, 2.05) is 12.1 Å². The normalized spacial score (nSPS) is 9.50. The number of benzene rings is 1. The van der Waals surface area contributed by atoms with Crippen LogP contribution < -0.4 is 9.47 Å². The molecule has 4 nitrogen and oxygen atoms in total. The molecule has 1 aromatic rings. The fourth-order valence-corrected chi connectivity index (χ4v) is 1.60. The van der Waals surface area contributed by atoms with Crippen molar-refractivity contribution in [2.45, 2.75) is 20.3 Å². The largest absolute Gasteiger partial charge is 0.493 e. The van der Waals surface area contributed by atoms with Crippen molar-refractivity contribution in [3.63, 3.8) is 0 Å². The van der Waals surface area contributed by atoms with Crippen LogP contribution in [0.2, 0.25) is 0 Å². The summed E-state index contributed by atoms with van der Waals surface area (Å²) in [6.07, 6.45) is 2.43. The van der Waals surface area contributed by atoms with Crippen LogP contribution in [0.25, 0.3) is 6.08 Å². The Balaban J connectivity index is 3.08. The number of ether oxygens (including phenoxy) is 2. The maximum Gasteiger partial charge on any atom is 0.168 e. The summed E-state index contributed by atoms with van der Waals surface area (Å²) < 4.78 is 11.0. The van der Waals surface area contributed by atoms with Gasteiger partial charge >= 0.3 is 0 Å². The summed E-state index contributed by atoms with van der Waals surface area (Å²) in [5, 5.41) is 17.7. The first-order valence-corrected chi connectivity index (χ1v) is 6.44. The average molecular weight is 270 g/mol. The molecule has 1 aromatic carbocycles. The highest BCUT2D eigenvalue weighted by molar-refractivity contribution is 5.68. The maximum absolute atomic E-state index is 8.84. The smallest absolute Gasteiger partial charge is 0.168 e. The fraction of sp³-hybridized carbons (Fsp3) is 0.375. The minimum absolute atomic E-state index is 0.0342. The first-order chi connectivity index (χ1) is 9.62. The number of allylic oxidation sites excluding steroid dienone is 1. The van der Waals surface area contributed by atoms with Crippen molar-refractivity contribution in [2.24, 2.45) is 5.92 Å². The lowest BCUT2D eigenvalue weighted by Crippen LogP contribution is -2.04. The van der Waals surface area contributed by atoms with E-state index in [4.69, 9.17) is 20.0 Å². The van der Waals surface area contributed by atoms with Gasteiger partial charge in [0.05, 0.1) is 13.7 Å². The number of hydrogen-bond donors (Lipinski definition) is 0. The molecule has 0 spiro atoms. The standard InChI is InChI=1S/C16H18N2O2/c1-12(2)7-8-20-16-14(9-13(10-17)11-18)5-4-6-15(16)19-3/h4-6,9,12H,7-8H2,1-3H3. The van der Waals surface area contributed by atoms with Crippen LogP contribution in [0.5, 0.6) is 11.5 Å². The molecule has 0 amide bonds. The Hall–Kier alpha value is -2.46. The van der Waals surface area contributed by atoms with Gasteiger partial charge in [-0.2, -0.15) is 10.5 Å². The molecule has 0 aliphatic carbocycles. The highest BCUT2D eigenvalue weighted by Crippen LogP contribution is 2.32. The van der Waals surface area contributed by atoms with Gasteiger partial charge < -0.3 is 9.47 Å². The van der Waals surface area contributed by atoms with E-state index in [0.29, 0.717) is 29.6 Å². The summed E-state index contributed by atoms with van der Waals surface area (Å²) in [6, 6.07) is 9.07. The van der Waals surface area contributed by atoms with Crippen molar-refractivity contribution in [2.75, 3.05) is 13.7 Å². The van der Waals surface area contributed by atoms with Gasteiger partial charge in [-0.1, -0.05) is 26.0 Å². The summed E-state index contributed by atoms with van der Waals surface area (Å²) in [6.45, 7) is 4.80. The fourth-order valence-electron chi connectivity index (χ4n) is 1.60. The molecule has 0 saturated heterocycles. The zero-order valence-corrected chi connectivity index (χ0v) is 12.0. The molecule has 0 unspecified atom stereocenters. The van der Waals surface area contributed by atoms with Crippen LogP contribution in [0, 0.1) is 28.6 Å². The average Bonchev–Trinajstić information content (AvgIpc) is 2.45. The van der Waals surface area contributed by atoms with E-state index < -0.39 is 0 Å². The van der Waals surface area contributed by atoms with Gasteiger partial charge in [-0.3, -0.25) is 0 Å². The van der Waals surface area contributed by atoms with Gasteiger partial charge in [0.15, 0.2) is 11.5 Å². The lowest BCUT2D eigenvalue weighted by Gasteiger charge is -2.14. The van der Waals surface area contributed by atoms with Gasteiger partial charge in [0.2, 0.25) is 0 Å². The Kier molecular flexibility index (Phi) is 6.13. The van der Waals surface area contributed by atoms with Crippen LogP contribution in [0.15, 0.2) is 23.8 Å². The summed E-state index contributed by atoms with van der Waals surface area (Å²) in [5.74, 6) is 1.70. The number of methoxy groups -OCH3 is 1. The van der Waals surface area contributed by atoms with Crippen LogP contribution in [0.4, 0.5) is 0 Å². The lowest BCUT2D eigenvalue weighted by molar-refractivity contribution is 0.272. The Morgan fingerprint density at radius 3 is 2.55 bits per heavy atom. The summed E-state index contributed by atoms with van der Waals surface area (Å²) >= 11 is 0. The van der Waals surface area contributed by atoms with E-state index in [-0.39, 0.29) is 5.57 Å². The second kappa shape index (κ2) is 7.86. The van der Waals surface area contributed by atoms with Crippen molar-refractivity contribution in [1.29, 1.82) is 10.5 Å². The van der Waals surface area contributed by atoms with Crippen molar-refractivity contribution in [3.8, 4) is 23.6 Å². The second-order valence-electron chi connectivity index (χ2n) is 4.69. The molecule has 0 bridgehead atoms. The third kappa shape index (κ3) is 4.33. The number of para-hydroxylation sites is 1. The minimum atomic E-state index is 0.0342. The molecule has 0 aliphatic heterocycles. The summed E-state index contributed by atoms with van der Waals surface area (Å²) in [7, 11) is 1.56. The minimum Gasteiger partial charge on any atom is -0.493 e. The first-order valence-electron chi connectivity index (χ1n) is 6.44. The maximum atomic E-state index is 8.84. The van der Waals surface area contributed by atoms with E-state index in [0.717, 1.165) is 6.42 Å². The molecule has 0 saturated carbocycles. The predicted molar refractivity (Wildman–Crippen MR) is 77.1 cm³/mol. The van der Waals surface area contributed by atoms with Crippen molar-refractivity contribution in [3.05, 3.63) is 29.3 Å². The van der Waals surface area contributed by atoms with Crippen molar-refractivity contribution in [1.82, 2.24) is 0 Å². The van der Waals surface area contributed by atoms with Gasteiger partial charge in [0.25, 0.3) is 0 Å². The highest BCUT2D eigenvalue weighted by atomic mass is 16.5. The van der Waals surface area contributed by atoms with Crippen LogP contribution in [-0.2, 0) is 0 Å². The first kappa shape index (κ1) is 15.6. The molecule has 104 valence electrons. The van der Waals surface area contributed by atoms with Gasteiger partial charge in [-0.15, -0.1) is 0 Å². The van der Waals surface area contributed by atoms with Gasteiger partial charge in [0.1, 0.15) is 17.7 Å². The molecule has 0 heterocycles. The molecule has 0 N–H and O–H groups in total. The van der Waals surface area contributed by atoms with E-state index in [9.17, 15) is 0 Å². The molecule has 4 heteroatoms. The molecular formula is C16H18N2O2. The SMILES string of the molecule is COc1cccc(C=C(C#N)C#N)c1OCCC(C)C. The molecule has 20 heavy (non-hydrogen) atoms. The van der Waals surface area contributed by atoms with Gasteiger partial charge in [-0.05, 0) is 24.5 Å². The molecular weight excluding hydrogens is 252 g/mol. The molecule has 0 fully saturated rings. The van der Waals surface area contributed by atoms with Crippen molar-refractivity contribution >= 4 is 6.08 Å². The quantitative estimate of drug-likeness (QED) is 0.741. The van der Waals surface area contributed by atoms with Crippen LogP contribution in [0.1, 0.15) is 25.8 Å². The van der Waals surface area contributed by atoms with Crippen LogP contribution >= 0.6 is 0 Å². The van der Waals surface area contributed by atoms with E-state index in [1.165, 1.54) is 6.08 Å². The Morgan fingerprint density at radius 1 is 1.30 bits per heavy atom. The molecule has 1 rings (SSSR count). The topological polar surface area (TPSA) is 66.0 Å².